The number of sulfonamides is 1. The number of nitrogens with zero attached hydrogens (tertiary/aromatic N) is 3. The summed E-state index contributed by atoms with van der Waals surface area (Å²) in [6.45, 7) is 6.24. The molecule has 1 aliphatic heterocycles. The number of nitrogen functional groups attached to an aromatic ring is 1. The van der Waals surface area contributed by atoms with Gasteiger partial charge in [0.2, 0.25) is 10.0 Å². The second kappa shape index (κ2) is 4.99. The number of rotatable bonds is 2. The Labute approximate surface area is 118 Å². The molecule has 1 aliphatic rings. The molecule has 0 spiro atoms. The van der Waals surface area contributed by atoms with Gasteiger partial charge in [-0.15, -0.1) is 0 Å². The topological polar surface area (TPSA) is 81.2 Å². The van der Waals surface area contributed by atoms with E-state index in [1.54, 1.807) is 30.0 Å². The van der Waals surface area contributed by atoms with Gasteiger partial charge in [-0.3, -0.25) is 4.68 Å². The smallest absolute Gasteiger partial charge is 0.248 e. The van der Waals surface area contributed by atoms with E-state index in [1.807, 2.05) is 6.92 Å². The van der Waals surface area contributed by atoms with Crippen LogP contribution in [0, 0.1) is 6.92 Å². The number of anilines is 1. The Morgan fingerprint density at radius 3 is 2.58 bits per heavy atom. The van der Waals surface area contributed by atoms with Gasteiger partial charge in [-0.1, -0.05) is 6.92 Å². The fraction of sp³-hybridized carbons (Fsp3) is 0.727. The fourth-order valence-electron chi connectivity index (χ4n) is 2.30. The zero-order valence-electron chi connectivity index (χ0n) is 11.6. The minimum absolute atomic E-state index is 0.0391. The van der Waals surface area contributed by atoms with Crippen LogP contribution in [0.1, 0.15) is 19.5 Å². The molecular weight excluding hydrogens is 284 g/mol. The minimum Gasteiger partial charge on any atom is -0.381 e. The maximum atomic E-state index is 12.8. The van der Waals surface area contributed by atoms with Crippen LogP contribution in [0.2, 0.25) is 0 Å². The van der Waals surface area contributed by atoms with Crippen molar-refractivity contribution < 1.29 is 8.42 Å². The van der Waals surface area contributed by atoms with Crippen LogP contribution < -0.4 is 5.73 Å². The molecule has 2 rings (SSSR count). The lowest BCUT2D eigenvalue weighted by Crippen LogP contribution is -2.48. The lowest BCUT2D eigenvalue weighted by molar-refractivity contribution is 0.340. The molecular formula is C11H20N4O2S2. The average molecular weight is 304 g/mol. The summed E-state index contributed by atoms with van der Waals surface area (Å²) in [6, 6.07) is -0.0391. The summed E-state index contributed by atoms with van der Waals surface area (Å²) in [4.78, 5) is 0.154. The van der Waals surface area contributed by atoms with E-state index in [-0.39, 0.29) is 22.0 Å². The van der Waals surface area contributed by atoms with Crippen molar-refractivity contribution in [2.75, 3.05) is 18.0 Å². The highest BCUT2D eigenvalue weighted by Crippen LogP contribution is 2.32. The predicted molar refractivity (Wildman–Crippen MR) is 77.6 cm³/mol. The van der Waals surface area contributed by atoms with E-state index < -0.39 is 10.0 Å². The number of nitrogens with two attached hydrogens (primary N) is 1. The summed E-state index contributed by atoms with van der Waals surface area (Å²) in [6.07, 6.45) is 0. The van der Waals surface area contributed by atoms with Crippen LogP contribution in [0.15, 0.2) is 4.90 Å². The molecule has 2 N–H and O–H groups in total. The maximum Gasteiger partial charge on any atom is 0.248 e. The SMILES string of the molecule is Cc1c(S(=O)(=O)N2CCSC(C)C2C)c(N)nn1C. The largest absolute Gasteiger partial charge is 0.381 e. The van der Waals surface area contributed by atoms with Crippen molar-refractivity contribution in [2.24, 2.45) is 7.05 Å². The van der Waals surface area contributed by atoms with Gasteiger partial charge in [-0.25, -0.2) is 8.42 Å². The van der Waals surface area contributed by atoms with Crippen molar-refractivity contribution >= 4 is 27.6 Å². The molecule has 1 aromatic rings. The van der Waals surface area contributed by atoms with E-state index in [9.17, 15) is 8.42 Å². The lowest BCUT2D eigenvalue weighted by Gasteiger charge is -2.36. The van der Waals surface area contributed by atoms with Crippen molar-refractivity contribution in [3.05, 3.63) is 5.69 Å². The Hall–Kier alpha value is -0.730. The molecule has 108 valence electrons. The van der Waals surface area contributed by atoms with Crippen molar-refractivity contribution in [1.82, 2.24) is 14.1 Å². The van der Waals surface area contributed by atoms with Gasteiger partial charge >= 0.3 is 0 Å². The van der Waals surface area contributed by atoms with E-state index >= 15 is 0 Å². The van der Waals surface area contributed by atoms with Crippen LogP contribution in [0.5, 0.6) is 0 Å². The van der Waals surface area contributed by atoms with Crippen LogP contribution in [0.25, 0.3) is 0 Å². The molecule has 0 bridgehead atoms. The Kier molecular flexibility index (Phi) is 3.85. The first-order chi connectivity index (χ1) is 8.76. The predicted octanol–water partition coefficient (Wildman–Crippen LogP) is 0.825. The Balaban J connectivity index is 2.48. The number of hydrogen-bond acceptors (Lipinski definition) is 5. The third-order valence-corrected chi connectivity index (χ3v) is 7.19. The molecule has 0 amide bonds. The molecule has 2 unspecified atom stereocenters. The van der Waals surface area contributed by atoms with Crippen LogP contribution in [-0.2, 0) is 17.1 Å². The molecule has 0 aliphatic carbocycles. The highest BCUT2D eigenvalue weighted by Gasteiger charge is 2.38. The maximum absolute atomic E-state index is 12.8. The molecule has 2 heterocycles. The van der Waals surface area contributed by atoms with Crippen molar-refractivity contribution in [3.63, 3.8) is 0 Å². The first kappa shape index (κ1) is 14.7. The highest BCUT2D eigenvalue weighted by molar-refractivity contribution is 8.00. The molecule has 0 aromatic carbocycles. The van der Waals surface area contributed by atoms with Crippen LogP contribution in [0.4, 0.5) is 5.82 Å². The van der Waals surface area contributed by atoms with Gasteiger partial charge in [-0.2, -0.15) is 21.2 Å². The fourth-order valence-corrected chi connectivity index (χ4v) is 5.58. The Morgan fingerprint density at radius 2 is 2.05 bits per heavy atom. The van der Waals surface area contributed by atoms with Crippen LogP contribution >= 0.6 is 11.8 Å². The summed E-state index contributed by atoms with van der Waals surface area (Å²) in [5, 5.41) is 4.28. The summed E-state index contributed by atoms with van der Waals surface area (Å²) >= 11 is 1.80. The first-order valence-corrected chi connectivity index (χ1v) is 8.68. The molecule has 1 aromatic heterocycles. The van der Waals surface area contributed by atoms with E-state index in [0.717, 1.165) is 5.75 Å². The first-order valence-electron chi connectivity index (χ1n) is 6.19. The average Bonchev–Trinajstić information content (AvgIpc) is 2.57. The standard InChI is InChI=1S/C11H20N4O2S2/c1-7-9(3)18-6-5-15(7)19(16,17)10-8(2)14(4)13-11(10)12/h7,9H,5-6H2,1-4H3,(H2,12,13). The molecule has 1 saturated heterocycles. The van der Waals surface area contributed by atoms with Gasteiger partial charge in [0.05, 0.1) is 5.69 Å². The Morgan fingerprint density at radius 1 is 1.42 bits per heavy atom. The van der Waals surface area contributed by atoms with Crippen LogP contribution in [-0.4, -0.2) is 46.1 Å². The number of aromatic nitrogens is 2. The van der Waals surface area contributed by atoms with Gasteiger partial charge in [0.25, 0.3) is 0 Å². The number of thioether (sulfide) groups is 1. The molecule has 8 heteroatoms. The zero-order valence-corrected chi connectivity index (χ0v) is 13.3. The summed E-state index contributed by atoms with van der Waals surface area (Å²) in [7, 11) is -1.88. The molecule has 6 nitrogen and oxygen atoms in total. The van der Waals surface area contributed by atoms with Gasteiger partial charge in [0.15, 0.2) is 5.82 Å². The van der Waals surface area contributed by atoms with Gasteiger partial charge in [0, 0.05) is 30.6 Å². The highest BCUT2D eigenvalue weighted by atomic mass is 32.2. The van der Waals surface area contributed by atoms with Gasteiger partial charge < -0.3 is 5.73 Å². The number of hydrogen-bond donors (Lipinski definition) is 1. The normalized spacial score (nSPS) is 25.7. The van der Waals surface area contributed by atoms with E-state index in [0.29, 0.717) is 12.2 Å². The van der Waals surface area contributed by atoms with Crippen molar-refractivity contribution in [3.8, 4) is 0 Å². The molecule has 0 saturated carbocycles. The second-order valence-electron chi connectivity index (χ2n) is 4.86. The molecule has 19 heavy (non-hydrogen) atoms. The van der Waals surface area contributed by atoms with Crippen molar-refractivity contribution in [1.29, 1.82) is 0 Å². The van der Waals surface area contributed by atoms with Crippen LogP contribution in [0.3, 0.4) is 0 Å². The lowest BCUT2D eigenvalue weighted by atomic mass is 10.2. The van der Waals surface area contributed by atoms with Gasteiger partial charge in [0.1, 0.15) is 4.90 Å². The van der Waals surface area contributed by atoms with E-state index in [2.05, 4.69) is 12.0 Å². The monoisotopic (exact) mass is 304 g/mol. The second-order valence-corrected chi connectivity index (χ2v) is 8.17. The Bertz CT molecular complexity index is 582. The quantitative estimate of drug-likeness (QED) is 0.875. The third-order valence-electron chi connectivity index (χ3n) is 3.70. The van der Waals surface area contributed by atoms with Crippen molar-refractivity contribution in [2.45, 2.75) is 37.0 Å². The summed E-state index contributed by atoms with van der Waals surface area (Å²) < 4.78 is 28.6. The molecule has 1 fully saturated rings. The summed E-state index contributed by atoms with van der Waals surface area (Å²) in [5.41, 5.74) is 6.35. The summed E-state index contributed by atoms with van der Waals surface area (Å²) in [5.74, 6) is 0.891. The minimum atomic E-state index is -3.57. The third kappa shape index (κ3) is 2.36. The molecule has 0 radical (unpaired) electrons. The van der Waals surface area contributed by atoms with E-state index in [4.69, 9.17) is 5.73 Å². The van der Waals surface area contributed by atoms with E-state index in [1.165, 1.54) is 4.68 Å². The number of aryl methyl sites for hydroxylation is 1. The molecule has 2 atom stereocenters. The zero-order chi connectivity index (χ0) is 14.4. The van der Waals surface area contributed by atoms with Gasteiger partial charge in [-0.05, 0) is 13.8 Å².